The van der Waals surface area contributed by atoms with Crippen LogP contribution in [0.5, 0.6) is 0 Å². The van der Waals surface area contributed by atoms with Gasteiger partial charge in [-0.2, -0.15) is 0 Å². The Morgan fingerprint density at radius 3 is 2.22 bits per heavy atom. The van der Waals surface area contributed by atoms with Crippen LogP contribution in [0.4, 0.5) is 0 Å². The molecule has 0 heterocycles. The molecule has 23 heavy (non-hydrogen) atoms. The molecule has 2 aromatic rings. The van der Waals surface area contributed by atoms with E-state index >= 15 is 0 Å². The van der Waals surface area contributed by atoms with Gasteiger partial charge in [-0.05, 0) is 18.4 Å². The second-order valence-corrected chi connectivity index (χ2v) is 6.10. The molecule has 2 aromatic carbocycles. The quantitative estimate of drug-likeness (QED) is 0.491. The van der Waals surface area contributed by atoms with Gasteiger partial charge in [0.2, 0.25) is 5.91 Å². The van der Waals surface area contributed by atoms with Gasteiger partial charge in [0, 0.05) is 19.5 Å². The second kappa shape index (κ2) is 7.79. The molecule has 0 aliphatic carbocycles. The molecule has 0 radical (unpaired) electrons. The molecule has 1 amide bonds. The van der Waals surface area contributed by atoms with Crippen molar-refractivity contribution in [2.75, 3.05) is 0 Å². The van der Waals surface area contributed by atoms with Crippen molar-refractivity contribution >= 4 is 5.91 Å². The molecule has 1 atom stereocenters. The van der Waals surface area contributed by atoms with E-state index in [2.05, 4.69) is 57.2 Å². The van der Waals surface area contributed by atoms with Crippen LogP contribution in [0.3, 0.4) is 0 Å². The molecule has 0 aliphatic heterocycles. The Labute approximate surface area is 133 Å². The number of hydrogen-bond donors (Lipinski definition) is 0. The van der Waals surface area contributed by atoms with Gasteiger partial charge < -0.3 is 4.90 Å². The van der Waals surface area contributed by atoms with Crippen molar-refractivity contribution in [1.82, 2.24) is 4.90 Å². The molecule has 0 unspecified atom stereocenters. The van der Waals surface area contributed by atoms with E-state index in [0.29, 0.717) is 12.5 Å². The molecule has 0 bridgehead atoms. The van der Waals surface area contributed by atoms with Gasteiger partial charge in [-0.25, -0.2) is 0 Å². The Kier molecular flexibility index (Phi) is 6.08. The van der Waals surface area contributed by atoms with Crippen LogP contribution in [0, 0.1) is 12.0 Å². The van der Waals surface area contributed by atoms with Crippen molar-refractivity contribution in [3.63, 3.8) is 0 Å². The SMILES string of the molecule is CC(=O)N(Cc1ccc(-c2[c-]cccc2)cc1)[C@H](C)C(C)C.[Db]. The molecule has 3 heteroatoms. The van der Waals surface area contributed by atoms with Crippen molar-refractivity contribution in [3.8, 4) is 11.1 Å². The summed E-state index contributed by atoms with van der Waals surface area (Å²) in [5.74, 6) is 0.573. The van der Waals surface area contributed by atoms with Crippen LogP contribution in [0.2, 0.25) is 0 Å². The Bertz CT molecular complexity index is 607. The molecule has 2 rings (SSSR count). The Hall–Kier alpha value is -3.09. The number of rotatable bonds is 5. The van der Waals surface area contributed by atoms with E-state index in [-0.39, 0.29) is 11.9 Å². The second-order valence-electron chi connectivity index (χ2n) is 6.10. The number of amides is 1. The van der Waals surface area contributed by atoms with Crippen LogP contribution in [0.25, 0.3) is 11.1 Å². The van der Waals surface area contributed by atoms with Gasteiger partial charge in [0.15, 0.2) is 0 Å². The average Bonchev–Trinajstić information content (AvgIpc) is 2.53. The van der Waals surface area contributed by atoms with Gasteiger partial charge in [-0.3, -0.25) is 4.79 Å². The maximum absolute atomic E-state index is 11.9. The zero-order valence-corrected chi connectivity index (χ0v) is 21.0. The normalized spacial score (nSPS) is 11.7. The molecule has 0 N–H and O–H groups in total. The van der Waals surface area contributed by atoms with Crippen LogP contribution in [-0.2, 0) is 11.3 Å². The molecule has 2 nitrogen and oxygen atoms in total. The molecular weight excluding hydrogens is 538 g/mol. The van der Waals surface area contributed by atoms with Gasteiger partial charge in [0.05, 0.1) is 0 Å². The summed E-state index contributed by atoms with van der Waals surface area (Å²) in [6, 6.07) is 19.8. The minimum absolute atomic E-state index is 0. The van der Waals surface area contributed by atoms with E-state index < -0.39 is 0 Å². The Morgan fingerprint density at radius 1 is 1.09 bits per heavy atom. The topological polar surface area (TPSA) is 20.3 Å². The summed E-state index contributed by atoms with van der Waals surface area (Å²) in [7, 11) is 0. The zero-order chi connectivity index (χ0) is 16.1. The number of benzene rings is 2. The van der Waals surface area contributed by atoms with Crippen LogP contribution in [-0.4, -0.2) is 16.8 Å². The van der Waals surface area contributed by atoms with Crippen molar-refractivity contribution in [3.05, 3.63) is 60.2 Å². The summed E-state index contributed by atoms with van der Waals surface area (Å²) in [6.07, 6.45) is 0. The van der Waals surface area contributed by atoms with Crippen LogP contribution in [0.15, 0.2) is 48.5 Å². The molecule has 0 spiro atoms. The fourth-order valence-corrected chi connectivity index (χ4v) is 2.46. The van der Waals surface area contributed by atoms with E-state index in [0.717, 1.165) is 16.7 Å². The van der Waals surface area contributed by atoms with Crippen molar-refractivity contribution < 1.29 is 4.79 Å². The van der Waals surface area contributed by atoms with Gasteiger partial charge in [-0.15, -0.1) is 35.9 Å². The van der Waals surface area contributed by atoms with E-state index in [1.54, 1.807) is 6.92 Å². The van der Waals surface area contributed by atoms with Gasteiger partial charge in [-0.1, -0.05) is 43.7 Å². The van der Waals surface area contributed by atoms with Gasteiger partial charge in [0.1, 0.15) is 0 Å². The van der Waals surface area contributed by atoms with Crippen LogP contribution >= 0.6 is 0 Å². The summed E-state index contributed by atoms with van der Waals surface area (Å²) < 4.78 is 0. The molecule has 0 fully saturated rings. The predicted molar refractivity (Wildman–Crippen MR) is 91.2 cm³/mol. The standard InChI is InChI=1S/C20H24NO.Db/c1-15(2)16(3)21(17(4)22)14-18-10-12-20(13-11-18)19-8-6-5-7-9-19;/h5-8,10-13,15-16H,14H2,1-4H3;/q-1;/t16-;/m1./s1. The van der Waals surface area contributed by atoms with Gasteiger partial charge in [0.25, 0.3) is 0 Å². The first-order valence-corrected chi connectivity index (χ1v) is 7.82. The molecule has 0 aromatic heterocycles. The Morgan fingerprint density at radius 2 is 1.74 bits per heavy atom. The third-order valence-electron chi connectivity index (χ3n) is 4.19. The van der Waals surface area contributed by atoms with Crippen LogP contribution < -0.4 is 0 Å². The van der Waals surface area contributed by atoms with E-state index in [9.17, 15) is 4.79 Å². The fraction of sp³-hybridized carbons (Fsp3) is 0.350. The first-order valence-electron chi connectivity index (χ1n) is 7.82. The number of nitrogens with zero attached hydrogens (tertiary/aromatic N) is 1. The van der Waals surface area contributed by atoms with E-state index in [4.69, 9.17) is 0 Å². The third kappa shape index (κ3) is 4.44. The summed E-state index contributed by atoms with van der Waals surface area (Å²) in [5, 5.41) is 0. The van der Waals surface area contributed by atoms with Gasteiger partial charge >= 0.3 is 0 Å². The number of carbonyl (C=O) groups excluding carboxylic acids is 1. The summed E-state index contributed by atoms with van der Waals surface area (Å²) in [5.41, 5.74) is 3.39. The molecule has 0 aliphatic rings. The molecule has 0 saturated heterocycles. The average molecular weight is 562 g/mol. The Balaban J connectivity index is 0.00000264. The van der Waals surface area contributed by atoms with Crippen molar-refractivity contribution in [2.45, 2.75) is 40.3 Å². The van der Waals surface area contributed by atoms with Crippen molar-refractivity contribution in [2.24, 2.45) is 5.92 Å². The predicted octanol–water partition coefficient (Wildman–Crippen LogP) is 4.55. The molecular formula is C20H24DbNO-. The van der Waals surface area contributed by atoms with Crippen LogP contribution in [0.1, 0.15) is 33.3 Å². The van der Waals surface area contributed by atoms with Crippen molar-refractivity contribution in [1.29, 1.82) is 0 Å². The first-order chi connectivity index (χ1) is 10.5. The summed E-state index contributed by atoms with van der Waals surface area (Å²) in [6.45, 7) is 8.71. The fourth-order valence-electron chi connectivity index (χ4n) is 2.46. The minimum Gasteiger partial charge on any atom is -0.336 e. The van der Waals surface area contributed by atoms with E-state index in [1.165, 1.54) is 0 Å². The van der Waals surface area contributed by atoms with E-state index in [1.807, 2.05) is 23.1 Å². The first kappa shape index (κ1) is 18.0. The maximum Gasteiger partial charge on any atom is 0.219 e. The maximum atomic E-state index is 11.9. The molecule has 118 valence electrons. The number of carbonyl (C=O) groups is 1. The minimum atomic E-state index is 0. The molecule has 0 saturated carbocycles. The smallest absolute Gasteiger partial charge is 0.219 e. The monoisotopic (exact) mass is 562 g/mol. The largest absolute Gasteiger partial charge is 0.336 e. The number of hydrogen-bond acceptors (Lipinski definition) is 1. The summed E-state index contributed by atoms with van der Waals surface area (Å²) in [4.78, 5) is 13.8. The third-order valence-corrected chi connectivity index (χ3v) is 4.19. The summed E-state index contributed by atoms with van der Waals surface area (Å²) >= 11 is 0. The zero-order valence-electron chi connectivity index (χ0n) is 14.5.